The van der Waals surface area contributed by atoms with Crippen LogP contribution in [0.15, 0.2) is 12.5 Å². The number of aromatic nitrogens is 2. The molecule has 0 saturated heterocycles. The molecule has 0 radical (unpaired) electrons. The molecule has 1 aromatic rings. The van der Waals surface area contributed by atoms with Crippen LogP contribution in [0, 0.1) is 0 Å². The molecule has 0 aromatic carbocycles. The summed E-state index contributed by atoms with van der Waals surface area (Å²) in [6.07, 6.45) is 6.39. The van der Waals surface area contributed by atoms with E-state index < -0.39 is 9.84 Å². The molecule has 0 amide bonds. The fourth-order valence-corrected chi connectivity index (χ4v) is 2.29. The number of sulfone groups is 1. The monoisotopic (exact) mass is 245 g/mol. The van der Waals surface area contributed by atoms with Crippen molar-refractivity contribution in [1.29, 1.82) is 0 Å². The van der Waals surface area contributed by atoms with Gasteiger partial charge in [0.25, 0.3) is 0 Å². The van der Waals surface area contributed by atoms with Gasteiger partial charge in [0.1, 0.15) is 9.84 Å². The van der Waals surface area contributed by atoms with Crippen molar-refractivity contribution in [2.75, 3.05) is 19.1 Å². The van der Waals surface area contributed by atoms with Gasteiger partial charge in [0.05, 0.1) is 18.1 Å². The van der Waals surface area contributed by atoms with Crippen LogP contribution in [-0.2, 0) is 16.9 Å². The second kappa shape index (κ2) is 5.45. The lowest BCUT2D eigenvalue weighted by Crippen LogP contribution is -2.18. The third-order valence-electron chi connectivity index (χ3n) is 2.44. The summed E-state index contributed by atoms with van der Waals surface area (Å²) >= 11 is 0. The first-order chi connectivity index (χ1) is 7.42. The minimum Gasteiger partial charge on any atom is -0.340 e. The normalized spacial score (nSPS) is 13.9. The van der Waals surface area contributed by atoms with E-state index in [1.54, 1.807) is 6.33 Å². The van der Waals surface area contributed by atoms with Crippen molar-refractivity contribution < 1.29 is 8.42 Å². The molecule has 0 aliphatic heterocycles. The number of imidazole rings is 1. The highest BCUT2D eigenvalue weighted by atomic mass is 32.2. The van der Waals surface area contributed by atoms with E-state index in [1.165, 1.54) is 6.26 Å². The van der Waals surface area contributed by atoms with E-state index in [9.17, 15) is 8.42 Å². The zero-order valence-corrected chi connectivity index (χ0v) is 10.8. The molecule has 1 atom stereocenters. The molecule has 1 rings (SSSR count). The lowest BCUT2D eigenvalue weighted by atomic mass is 10.1. The van der Waals surface area contributed by atoms with Crippen LogP contribution in [-0.4, -0.2) is 37.0 Å². The summed E-state index contributed by atoms with van der Waals surface area (Å²) in [5.41, 5.74) is 0.957. The minimum absolute atomic E-state index is 0.128. The van der Waals surface area contributed by atoms with Gasteiger partial charge >= 0.3 is 0 Å². The minimum atomic E-state index is -2.86. The Labute approximate surface area is 96.8 Å². The molecule has 16 heavy (non-hydrogen) atoms. The van der Waals surface area contributed by atoms with Gasteiger partial charge in [0, 0.05) is 25.3 Å². The quantitative estimate of drug-likeness (QED) is 0.793. The van der Waals surface area contributed by atoms with Gasteiger partial charge in [-0.2, -0.15) is 0 Å². The Morgan fingerprint density at radius 1 is 1.56 bits per heavy atom. The van der Waals surface area contributed by atoms with Crippen molar-refractivity contribution in [2.45, 2.75) is 18.9 Å². The molecule has 0 aliphatic rings. The Balaban J connectivity index is 2.50. The number of hydrogen-bond donors (Lipinski definition) is 1. The maximum absolute atomic E-state index is 11.0. The van der Waals surface area contributed by atoms with Crippen LogP contribution in [0.3, 0.4) is 0 Å². The van der Waals surface area contributed by atoms with Gasteiger partial charge in [-0.05, 0) is 19.9 Å². The smallest absolute Gasteiger partial charge is 0.147 e. The second-order valence-corrected chi connectivity index (χ2v) is 6.34. The fraction of sp³-hybridized carbons (Fsp3) is 0.700. The van der Waals surface area contributed by atoms with Crippen molar-refractivity contribution >= 4 is 9.84 Å². The zero-order chi connectivity index (χ0) is 12.2. The van der Waals surface area contributed by atoms with Crippen LogP contribution < -0.4 is 5.32 Å². The first-order valence-electron chi connectivity index (χ1n) is 5.25. The van der Waals surface area contributed by atoms with Gasteiger partial charge in [0.15, 0.2) is 0 Å². The summed E-state index contributed by atoms with van der Waals surface area (Å²) in [6.45, 7) is 0. The van der Waals surface area contributed by atoms with Crippen molar-refractivity contribution in [3.63, 3.8) is 0 Å². The van der Waals surface area contributed by atoms with Crippen LogP contribution in [0.4, 0.5) is 0 Å². The zero-order valence-electron chi connectivity index (χ0n) is 9.97. The van der Waals surface area contributed by atoms with Gasteiger partial charge in [-0.3, -0.25) is 0 Å². The summed E-state index contributed by atoms with van der Waals surface area (Å²) < 4.78 is 23.9. The largest absolute Gasteiger partial charge is 0.340 e. The lowest BCUT2D eigenvalue weighted by molar-refractivity contribution is 0.526. The van der Waals surface area contributed by atoms with Crippen LogP contribution in [0.25, 0.3) is 0 Å². The van der Waals surface area contributed by atoms with Crippen molar-refractivity contribution in [3.05, 3.63) is 18.2 Å². The molecule has 0 aliphatic carbocycles. The number of hydrogen-bond acceptors (Lipinski definition) is 4. The molecule has 1 unspecified atom stereocenters. The van der Waals surface area contributed by atoms with Crippen molar-refractivity contribution in [2.24, 2.45) is 7.05 Å². The average Bonchev–Trinajstić information content (AvgIpc) is 2.58. The van der Waals surface area contributed by atoms with Gasteiger partial charge in [-0.15, -0.1) is 0 Å². The Hall–Kier alpha value is -0.880. The van der Waals surface area contributed by atoms with Gasteiger partial charge in [-0.25, -0.2) is 13.4 Å². The predicted octanol–water partition coefficient (Wildman–Crippen LogP) is 0.505. The molecule has 1 aromatic heterocycles. The highest BCUT2D eigenvalue weighted by Gasteiger charge is 2.12. The Morgan fingerprint density at radius 3 is 2.69 bits per heavy atom. The van der Waals surface area contributed by atoms with E-state index in [0.717, 1.165) is 12.1 Å². The fourth-order valence-electron chi connectivity index (χ4n) is 1.60. The molecule has 5 nitrogen and oxygen atoms in total. The molecule has 0 fully saturated rings. The maximum Gasteiger partial charge on any atom is 0.147 e. The van der Waals surface area contributed by atoms with E-state index in [4.69, 9.17) is 0 Å². The molecule has 1 heterocycles. The molecule has 6 heteroatoms. The molecule has 0 spiro atoms. The number of rotatable bonds is 6. The van der Waals surface area contributed by atoms with E-state index in [1.807, 2.05) is 24.9 Å². The summed E-state index contributed by atoms with van der Waals surface area (Å²) in [7, 11) is 0.919. The number of nitrogens with one attached hydrogen (secondary N) is 1. The highest BCUT2D eigenvalue weighted by molar-refractivity contribution is 7.90. The Morgan fingerprint density at radius 2 is 2.25 bits per heavy atom. The first-order valence-corrected chi connectivity index (χ1v) is 7.31. The first kappa shape index (κ1) is 13.2. The highest BCUT2D eigenvalue weighted by Crippen LogP contribution is 2.15. The van der Waals surface area contributed by atoms with Crippen LogP contribution >= 0.6 is 0 Å². The standard InChI is InChI=1S/C10H19N3O2S/c1-11-9(5-4-6-16(3,14)15)10-7-13(2)8-12-10/h7-9,11H,4-6H2,1-3H3. The van der Waals surface area contributed by atoms with Gasteiger partial charge < -0.3 is 9.88 Å². The van der Waals surface area contributed by atoms with Gasteiger partial charge in [0.2, 0.25) is 0 Å². The van der Waals surface area contributed by atoms with Crippen LogP contribution in [0.5, 0.6) is 0 Å². The van der Waals surface area contributed by atoms with E-state index in [0.29, 0.717) is 6.42 Å². The SMILES string of the molecule is CNC(CCCS(C)(=O)=O)c1cn(C)cn1. The molecule has 1 N–H and O–H groups in total. The summed E-state index contributed by atoms with van der Waals surface area (Å²) in [6, 6.07) is 0.128. The Kier molecular flexibility index (Phi) is 4.49. The topological polar surface area (TPSA) is 64.0 Å². The van der Waals surface area contributed by atoms with Gasteiger partial charge in [-0.1, -0.05) is 0 Å². The molecular weight excluding hydrogens is 226 g/mol. The molecule has 0 bridgehead atoms. The number of nitrogens with zero attached hydrogens (tertiary/aromatic N) is 2. The molecule has 0 saturated carbocycles. The predicted molar refractivity (Wildman–Crippen MR) is 64.0 cm³/mol. The van der Waals surface area contributed by atoms with Crippen molar-refractivity contribution in [3.8, 4) is 0 Å². The second-order valence-electron chi connectivity index (χ2n) is 4.08. The Bertz CT molecular complexity index is 425. The lowest BCUT2D eigenvalue weighted by Gasteiger charge is -2.12. The van der Waals surface area contributed by atoms with Crippen molar-refractivity contribution in [1.82, 2.24) is 14.9 Å². The van der Waals surface area contributed by atoms with Crippen LogP contribution in [0.1, 0.15) is 24.6 Å². The van der Waals surface area contributed by atoms with Crippen LogP contribution in [0.2, 0.25) is 0 Å². The maximum atomic E-state index is 11.0. The molecular formula is C10H19N3O2S. The average molecular weight is 245 g/mol. The van der Waals surface area contributed by atoms with E-state index in [2.05, 4.69) is 10.3 Å². The summed E-state index contributed by atoms with van der Waals surface area (Å²) in [5, 5.41) is 3.15. The number of aryl methyl sites for hydroxylation is 1. The third kappa shape index (κ3) is 4.32. The van der Waals surface area contributed by atoms with E-state index in [-0.39, 0.29) is 11.8 Å². The summed E-state index contributed by atoms with van der Waals surface area (Å²) in [4.78, 5) is 4.25. The summed E-state index contributed by atoms with van der Waals surface area (Å²) in [5.74, 6) is 0.234. The van der Waals surface area contributed by atoms with E-state index >= 15 is 0 Å². The molecule has 92 valence electrons. The third-order valence-corrected chi connectivity index (χ3v) is 3.47.